The van der Waals surface area contributed by atoms with Crippen LogP contribution < -0.4 is 0 Å². The summed E-state index contributed by atoms with van der Waals surface area (Å²) in [6.45, 7) is 11.4. The Morgan fingerprint density at radius 2 is 1.65 bits per heavy atom. The van der Waals surface area contributed by atoms with Gasteiger partial charge in [0.25, 0.3) is 0 Å². The molecule has 17 heavy (non-hydrogen) atoms. The molecule has 1 rings (SSSR count). The van der Waals surface area contributed by atoms with Crippen molar-refractivity contribution in [1.29, 1.82) is 0 Å². The zero-order chi connectivity index (χ0) is 12.8. The number of benzene rings is 1. The summed E-state index contributed by atoms with van der Waals surface area (Å²) in [5.74, 6) is 0.949. The van der Waals surface area contributed by atoms with Crippen molar-refractivity contribution < 1.29 is 4.74 Å². The van der Waals surface area contributed by atoms with Crippen LogP contribution in [0.1, 0.15) is 57.6 Å². The Balaban J connectivity index is 3.19. The third kappa shape index (κ3) is 3.58. The van der Waals surface area contributed by atoms with E-state index in [4.69, 9.17) is 4.74 Å². The molecule has 0 saturated carbocycles. The smallest absolute Gasteiger partial charge is 0.174 e. The standard InChI is InChI=1S/C15H23NO/c1-6-17-10-16-15-13(11(2)3)8-7-9-14(15)12(4)5/h7-12H,6H2,1-5H3. The summed E-state index contributed by atoms with van der Waals surface area (Å²) < 4.78 is 5.22. The highest BCUT2D eigenvalue weighted by Gasteiger charge is 2.12. The maximum atomic E-state index is 5.22. The van der Waals surface area contributed by atoms with E-state index in [0.717, 1.165) is 5.69 Å². The average Bonchev–Trinajstić information content (AvgIpc) is 2.28. The maximum absolute atomic E-state index is 5.22. The van der Waals surface area contributed by atoms with Gasteiger partial charge in [0.2, 0.25) is 0 Å². The number of ether oxygens (including phenoxy) is 1. The van der Waals surface area contributed by atoms with Gasteiger partial charge < -0.3 is 4.74 Å². The van der Waals surface area contributed by atoms with Gasteiger partial charge in [-0.1, -0.05) is 45.9 Å². The molecule has 0 radical (unpaired) electrons. The van der Waals surface area contributed by atoms with Gasteiger partial charge in [0, 0.05) is 0 Å². The van der Waals surface area contributed by atoms with Gasteiger partial charge in [-0.15, -0.1) is 0 Å². The van der Waals surface area contributed by atoms with Gasteiger partial charge in [-0.25, -0.2) is 4.99 Å². The number of nitrogens with zero attached hydrogens (tertiary/aromatic N) is 1. The highest BCUT2D eigenvalue weighted by molar-refractivity contribution is 5.63. The van der Waals surface area contributed by atoms with Crippen LogP contribution in [-0.4, -0.2) is 13.0 Å². The monoisotopic (exact) mass is 233 g/mol. The molecule has 0 amide bonds. The predicted molar refractivity (Wildman–Crippen MR) is 74.4 cm³/mol. The Bertz CT molecular complexity index is 354. The van der Waals surface area contributed by atoms with Crippen molar-refractivity contribution in [2.45, 2.75) is 46.5 Å². The lowest BCUT2D eigenvalue weighted by Gasteiger charge is -2.15. The van der Waals surface area contributed by atoms with Crippen LogP contribution in [0.4, 0.5) is 5.69 Å². The van der Waals surface area contributed by atoms with Gasteiger partial charge in [-0.2, -0.15) is 0 Å². The minimum atomic E-state index is 0.475. The third-order valence-electron chi connectivity index (χ3n) is 2.77. The largest absolute Gasteiger partial charge is 0.483 e. The first-order chi connectivity index (χ1) is 8.07. The van der Waals surface area contributed by atoms with E-state index < -0.39 is 0 Å². The minimum absolute atomic E-state index is 0.475. The Labute approximate surface area is 105 Å². The molecule has 0 spiro atoms. The Kier molecular flexibility index (Phi) is 5.20. The van der Waals surface area contributed by atoms with Crippen molar-refractivity contribution in [3.8, 4) is 0 Å². The van der Waals surface area contributed by atoms with Crippen LogP contribution in [0, 0.1) is 0 Å². The summed E-state index contributed by atoms with van der Waals surface area (Å²) in [6.07, 6.45) is 1.56. The maximum Gasteiger partial charge on any atom is 0.174 e. The van der Waals surface area contributed by atoms with E-state index >= 15 is 0 Å². The number of para-hydroxylation sites is 1. The van der Waals surface area contributed by atoms with E-state index in [1.54, 1.807) is 6.40 Å². The molecule has 0 aliphatic heterocycles. The topological polar surface area (TPSA) is 21.6 Å². The molecule has 0 aromatic heterocycles. The van der Waals surface area contributed by atoms with Crippen molar-refractivity contribution in [1.82, 2.24) is 0 Å². The molecule has 94 valence electrons. The third-order valence-corrected chi connectivity index (χ3v) is 2.77. The van der Waals surface area contributed by atoms with Gasteiger partial charge in [-0.3, -0.25) is 0 Å². The van der Waals surface area contributed by atoms with Crippen molar-refractivity contribution in [3.05, 3.63) is 29.3 Å². The van der Waals surface area contributed by atoms with Gasteiger partial charge in [-0.05, 0) is 29.9 Å². The van der Waals surface area contributed by atoms with Crippen molar-refractivity contribution in [3.63, 3.8) is 0 Å². The number of rotatable bonds is 5. The van der Waals surface area contributed by atoms with Gasteiger partial charge >= 0.3 is 0 Å². The van der Waals surface area contributed by atoms with E-state index in [9.17, 15) is 0 Å². The molecule has 0 saturated heterocycles. The molecule has 2 nitrogen and oxygen atoms in total. The molecule has 0 fully saturated rings. The fraction of sp³-hybridized carbons (Fsp3) is 0.533. The molecule has 0 unspecified atom stereocenters. The quantitative estimate of drug-likeness (QED) is 0.536. The molecule has 0 N–H and O–H groups in total. The van der Waals surface area contributed by atoms with Crippen molar-refractivity contribution in [2.24, 2.45) is 4.99 Å². The first-order valence-electron chi connectivity index (χ1n) is 6.34. The summed E-state index contributed by atoms with van der Waals surface area (Å²) in [7, 11) is 0. The normalized spacial score (nSPS) is 11.7. The van der Waals surface area contributed by atoms with Gasteiger partial charge in [0.05, 0.1) is 12.3 Å². The lowest BCUT2D eigenvalue weighted by Crippen LogP contribution is -1.96. The van der Waals surface area contributed by atoms with E-state index in [1.165, 1.54) is 11.1 Å². The van der Waals surface area contributed by atoms with Crippen molar-refractivity contribution >= 4 is 12.1 Å². The van der Waals surface area contributed by atoms with Crippen LogP contribution >= 0.6 is 0 Å². The average molecular weight is 233 g/mol. The lowest BCUT2D eigenvalue weighted by atomic mass is 9.93. The molecule has 1 aromatic rings. The molecule has 2 heteroatoms. The molecule has 0 aliphatic carbocycles. The summed E-state index contributed by atoms with van der Waals surface area (Å²) in [4.78, 5) is 4.49. The second-order valence-electron chi connectivity index (χ2n) is 4.78. The van der Waals surface area contributed by atoms with Gasteiger partial charge in [0.1, 0.15) is 0 Å². The molecular weight excluding hydrogens is 210 g/mol. The lowest BCUT2D eigenvalue weighted by molar-refractivity contribution is 0.344. The number of hydrogen-bond donors (Lipinski definition) is 0. The zero-order valence-electron chi connectivity index (χ0n) is 11.5. The second-order valence-corrected chi connectivity index (χ2v) is 4.78. The van der Waals surface area contributed by atoms with Crippen LogP contribution in [0.15, 0.2) is 23.2 Å². The molecule has 0 bridgehead atoms. The Morgan fingerprint density at radius 3 is 2.06 bits per heavy atom. The Hall–Kier alpha value is -1.31. The first kappa shape index (κ1) is 13.8. The molecule has 0 aliphatic rings. The molecular formula is C15H23NO. The second kappa shape index (κ2) is 6.43. The molecule has 1 aromatic carbocycles. The van der Waals surface area contributed by atoms with Crippen LogP contribution in [0.2, 0.25) is 0 Å². The van der Waals surface area contributed by atoms with E-state index in [-0.39, 0.29) is 0 Å². The van der Waals surface area contributed by atoms with Crippen LogP contribution in [0.25, 0.3) is 0 Å². The molecule has 0 atom stereocenters. The first-order valence-corrected chi connectivity index (χ1v) is 6.34. The summed E-state index contributed by atoms with van der Waals surface area (Å²) in [5, 5.41) is 0. The summed E-state index contributed by atoms with van der Waals surface area (Å²) in [5.41, 5.74) is 3.64. The molecule has 0 heterocycles. The van der Waals surface area contributed by atoms with E-state index in [0.29, 0.717) is 18.4 Å². The van der Waals surface area contributed by atoms with E-state index in [1.807, 2.05) is 6.92 Å². The Morgan fingerprint density at radius 1 is 1.12 bits per heavy atom. The summed E-state index contributed by atoms with van der Waals surface area (Å²) >= 11 is 0. The number of hydrogen-bond acceptors (Lipinski definition) is 2. The summed E-state index contributed by atoms with van der Waals surface area (Å²) in [6, 6.07) is 6.41. The fourth-order valence-electron chi connectivity index (χ4n) is 1.83. The van der Waals surface area contributed by atoms with Crippen LogP contribution in [0.3, 0.4) is 0 Å². The SMILES string of the molecule is CCOC=Nc1c(C(C)C)cccc1C(C)C. The minimum Gasteiger partial charge on any atom is -0.483 e. The van der Waals surface area contributed by atoms with Crippen LogP contribution in [0.5, 0.6) is 0 Å². The predicted octanol–water partition coefficient (Wildman–Crippen LogP) is 4.63. The van der Waals surface area contributed by atoms with Crippen LogP contribution in [-0.2, 0) is 4.74 Å². The van der Waals surface area contributed by atoms with Crippen molar-refractivity contribution in [2.75, 3.05) is 6.61 Å². The highest BCUT2D eigenvalue weighted by Crippen LogP contribution is 2.34. The fourth-order valence-corrected chi connectivity index (χ4v) is 1.83. The van der Waals surface area contributed by atoms with Gasteiger partial charge in [0.15, 0.2) is 6.40 Å². The van der Waals surface area contributed by atoms with E-state index in [2.05, 4.69) is 50.9 Å². The number of aliphatic imine (C=N–C) groups is 1. The highest BCUT2D eigenvalue weighted by atomic mass is 16.5. The zero-order valence-corrected chi connectivity index (χ0v) is 11.5.